The van der Waals surface area contributed by atoms with Crippen LogP contribution >= 0.6 is 11.8 Å². The number of thioether (sulfide) groups is 1. The highest BCUT2D eigenvalue weighted by atomic mass is 32.2. The van der Waals surface area contributed by atoms with Crippen LogP contribution in [0.1, 0.15) is 30.3 Å². The van der Waals surface area contributed by atoms with Gasteiger partial charge in [0.05, 0.1) is 5.75 Å². The number of hydrogen-bond acceptors (Lipinski definition) is 5. The fourth-order valence-electron chi connectivity index (χ4n) is 3.11. The second-order valence-corrected chi connectivity index (χ2v) is 8.10. The molecule has 0 bridgehead atoms. The Kier molecular flexibility index (Phi) is 7.83. The highest BCUT2D eigenvalue weighted by Crippen LogP contribution is 2.20. The molecule has 0 atom stereocenters. The van der Waals surface area contributed by atoms with E-state index in [4.69, 9.17) is 0 Å². The summed E-state index contributed by atoms with van der Waals surface area (Å²) in [5.41, 5.74) is 3.67. The van der Waals surface area contributed by atoms with E-state index in [9.17, 15) is 9.59 Å². The number of amides is 2. The predicted octanol–water partition coefficient (Wildman–Crippen LogP) is 4.22. The molecule has 2 N–H and O–H groups in total. The number of nitrogens with zero attached hydrogens (tertiary/aromatic N) is 3. The summed E-state index contributed by atoms with van der Waals surface area (Å²) in [4.78, 5) is 24.7. The molecule has 0 fully saturated rings. The first kappa shape index (κ1) is 22.6. The topological polar surface area (TPSA) is 88.9 Å². The van der Waals surface area contributed by atoms with Crippen molar-refractivity contribution >= 4 is 35.0 Å². The van der Waals surface area contributed by atoms with Crippen molar-refractivity contribution in [2.75, 3.05) is 16.4 Å². The molecular weight excluding hydrogens is 410 g/mol. The van der Waals surface area contributed by atoms with E-state index in [1.807, 2.05) is 73.9 Å². The Morgan fingerprint density at radius 1 is 0.903 bits per heavy atom. The minimum atomic E-state index is -0.0934. The van der Waals surface area contributed by atoms with Crippen LogP contribution in [0.15, 0.2) is 53.7 Å². The Morgan fingerprint density at radius 3 is 2.06 bits per heavy atom. The molecule has 8 heteroatoms. The predicted molar refractivity (Wildman–Crippen MR) is 124 cm³/mol. The smallest absolute Gasteiger partial charge is 0.234 e. The molecule has 3 rings (SSSR count). The molecule has 3 aromatic rings. The van der Waals surface area contributed by atoms with Gasteiger partial charge in [0.25, 0.3) is 0 Å². The van der Waals surface area contributed by atoms with E-state index in [2.05, 4.69) is 20.8 Å². The second kappa shape index (κ2) is 10.8. The summed E-state index contributed by atoms with van der Waals surface area (Å²) in [6.07, 6.45) is 0.791. The molecule has 0 aliphatic rings. The van der Waals surface area contributed by atoms with Crippen LogP contribution in [0, 0.1) is 13.8 Å². The normalized spacial score (nSPS) is 10.7. The van der Waals surface area contributed by atoms with Crippen molar-refractivity contribution in [2.45, 2.75) is 45.3 Å². The number of carbonyl (C=O) groups is 2. The average Bonchev–Trinajstić information content (AvgIpc) is 3.16. The number of aromatic nitrogens is 3. The Bertz CT molecular complexity index is 983. The van der Waals surface area contributed by atoms with Gasteiger partial charge in [-0.25, -0.2) is 0 Å². The third-order valence-corrected chi connectivity index (χ3v) is 5.82. The standard InChI is InChI=1S/C23H27N5O2S/c1-4-28-20(13-14-21(29)24-18-11-7-5-9-16(18)2)26-27-23(28)31-15-22(30)25-19-12-8-6-10-17(19)3/h5-12H,4,13-15H2,1-3H3,(H,24,29)(H,25,30). The highest BCUT2D eigenvalue weighted by Gasteiger charge is 2.15. The number of rotatable bonds is 9. The lowest BCUT2D eigenvalue weighted by Gasteiger charge is -2.10. The van der Waals surface area contributed by atoms with E-state index in [-0.39, 0.29) is 17.6 Å². The number of nitrogens with one attached hydrogen (secondary N) is 2. The van der Waals surface area contributed by atoms with Gasteiger partial charge in [-0.05, 0) is 44.0 Å². The van der Waals surface area contributed by atoms with Gasteiger partial charge < -0.3 is 15.2 Å². The Labute approximate surface area is 186 Å². The molecule has 31 heavy (non-hydrogen) atoms. The first-order valence-electron chi connectivity index (χ1n) is 10.2. The van der Waals surface area contributed by atoms with E-state index in [0.717, 1.165) is 28.3 Å². The van der Waals surface area contributed by atoms with Crippen LogP contribution in [0.25, 0.3) is 0 Å². The van der Waals surface area contributed by atoms with Gasteiger partial charge in [0, 0.05) is 30.8 Å². The minimum Gasteiger partial charge on any atom is -0.326 e. The summed E-state index contributed by atoms with van der Waals surface area (Å²) >= 11 is 1.34. The fourth-order valence-corrected chi connectivity index (χ4v) is 3.93. The molecule has 0 aliphatic heterocycles. The van der Waals surface area contributed by atoms with Crippen molar-refractivity contribution in [1.82, 2.24) is 14.8 Å². The molecule has 2 amide bonds. The largest absolute Gasteiger partial charge is 0.326 e. The minimum absolute atomic E-state index is 0.0632. The third-order valence-electron chi connectivity index (χ3n) is 4.86. The zero-order valence-corrected chi connectivity index (χ0v) is 18.8. The summed E-state index contributed by atoms with van der Waals surface area (Å²) in [6, 6.07) is 15.4. The van der Waals surface area contributed by atoms with E-state index in [1.165, 1.54) is 11.8 Å². The number of benzene rings is 2. The maximum absolute atomic E-state index is 12.3. The lowest BCUT2D eigenvalue weighted by molar-refractivity contribution is -0.116. The Morgan fingerprint density at radius 2 is 1.48 bits per heavy atom. The first-order valence-corrected chi connectivity index (χ1v) is 11.2. The Hall–Kier alpha value is -3.13. The zero-order chi connectivity index (χ0) is 22.2. The summed E-state index contributed by atoms with van der Waals surface area (Å²) in [5.74, 6) is 0.820. The van der Waals surface area contributed by atoms with E-state index in [1.54, 1.807) is 0 Å². The van der Waals surface area contributed by atoms with Crippen molar-refractivity contribution in [3.63, 3.8) is 0 Å². The van der Waals surface area contributed by atoms with Crippen molar-refractivity contribution in [3.05, 3.63) is 65.5 Å². The maximum Gasteiger partial charge on any atom is 0.234 e. The van der Waals surface area contributed by atoms with Gasteiger partial charge in [0.15, 0.2) is 5.16 Å². The van der Waals surface area contributed by atoms with Gasteiger partial charge in [-0.15, -0.1) is 10.2 Å². The summed E-state index contributed by atoms with van der Waals surface area (Å²) < 4.78 is 1.95. The molecule has 2 aromatic carbocycles. The fraction of sp³-hybridized carbons (Fsp3) is 0.304. The summed E-state index contributed by atoms with van der Waals surface area (Å²) in [5, 5.41) is 15.0. The molecule has 0 saturated heterocycles. The van der Waals surface area contributed by atoms with Crippen LogP contribution in [-0.4, -0.2) is 32.3 Å². The van der Waals surface area contributed by atoms with E-state index < -0.39 is 0 Å². The molecular formula is C23H27N5O2S. The van der Waals surface area contributed by atoms with E-state index in [0.29, 0.717) is 24.5 Å². The molecule has 0 radical (unpaired) electrons. The van der Waals surface area contributed by atoms with Gasteiger partial charge in [0.1, 0.15) is 5.82 Å². The molecule has 0 spiro atoms. The highest BCUT2D eigenvalue weighted by molar-refractivity contribution is 7.99. The van der Waals surface area contributed by atoms with Crippen LogP contribution in [0.5, 0.6) is 0 Å². The van der Waals surface area contributed by atoms with Gasteiger partial charge in [-0.1, -0.05) is 48.2 Å². The van der Waals surface area contributed by atoms with Gasteiger partial charge in [-0.2, -0.15) is 0 Å². The van der Waals surface area contributed by atoms with Crippen LogP contribution in [-0.2, 0) is 22.6 Å². The van der Waals surface area contributed by atoms with Crippen LogP contribution in [0.2, 0.25) is 0 Å². The van der Waals surface area contributed by atoms with Gasteiger partial charge >= 0.3 is 0 Å². The molecule has 1 aromatic heterocycles. The van der Waals surface area contributed by atoms with Gasteiger partial charge in [-0.3, -0.25) is 9.59 Å². The van der Waals surface area contributed by atoms with Crippen molar-refractivity contribution in [2.24, 2.45) is 0 Å². The van der Waals surface area contributed by atoms with Crippen molar-refractivity contribution < 1.29 is 9.59 Å². The molecule has 0 unspecified atom stereocenters. The Balaban J connectivity index is 1.54. The molecule has 162 valence electrons. The van der Waals surface area contributed by atoms with Crippen molar-refractivity contribution in [3.8, 4) is 0 Å². The molecule has 1 heterocycles. The number of aryl methyl sites for hydroxylation is 3. The van der Waals surface area contributed by atoms with Crippen LogP contribution in [0.4, 0.5) is 11.4 Å². The first-order chi connectivity index (χ1) is 15.0. The monoisotopic (exact) mass is 437 g/mol. The second-order valence-electron chi connectivity index (χ2n) is 7.16. The number of anilines is 2. The van der Waals surface area contributed by atoms with Crippen molar-refractivity contribution in [1.29, 1.82) is 0 Å². The van der Waals surface area contributed by atoms with E-state index >= 15 is 0 Å². The summed E-state index contributed by atoms with van der Waals surface area (Å²) in [6.45, 7) is 6.58. The number of para-hydroxylation sites is 2. The lowest BCUT2D eigenvalue weighted by atomic mass is 10.2. The quantitative estimate of drug-likeness (QED) is 0.490. The maximum atomic E-state index is 12.3. The zero-order valence-electron chi connectivity index (χ0n) is 18.0. The molecule has 0 aliphatic carbocycles. The average molecular weight is 438 g/mol. The third kappa shape index (κ3) is 6.18. The lowest BCUT2D eigenvalue weighted by Crippen LogP contribution is -2.16. The number of carbonyl (C=O) groups excluding carboxylic acids is 2. The SMILES string of the molecule is CCn1c(CCC(=O)Nc2ccccc2C)nnc1SCC(=O)Nc1ccccc1C. The molecule has 0 saturated carbocycles. The van der Waals surface area contributed by atoms with Crippen LogP contribution < -0.4 is 10.6 Å². The number of hydrogen-bond donors (Lipinski definition) is 2. The molecule has 7 nitrogen and oxygen atoms in total. The van der Waals surface area contributed by atoms with Crippen LogP contribution in [0.3, 0.4) is 0 Å². The summed E-state index contributed by atoms with van der Waals surface area (Å²) in [7, 11) is 0. The van der Waals surface area contributed by atoms with Gasteiger partial charge in [0.2, 0.25) is 11.8 Å².